The van der Waals surface area contributed by atoms with Crippen molar-refractivity contribution in [3.8, 4) is 0 Å². The van der Waals surface area contributed by atoms with Gasteiger partial charge in [0.05, 0.1) is 10.4 Å². The van der Waals surface area contributed by atoms with Crippen molar-refractivity contribution in [3.63, 3.8) is 0 Å². The van der Waals surface area contributed by atoms with E-state index in [0.717, 1.165) is 38.5 Å². The number of thiocarbonyl (C=S) groups is 1. The first-order valence-electron chi connectivity index (χ1n) is 8.03. The maximum Gasteiger partial charge on any atom is 0.236 e. The summed E-state index contributed by atoms with van der Waals surface area (Å²) in [5, 5.41) is 0. The molecule has 4 heteroatoms. The van der Waals surface area contributed by atoms with Crippen LogP contribution in [0.4, 0.5) is 0 Å². The van der Waals surface area contributed by atoms with Gasteiger partial charge in [-0.3, -0.25) is 4.79 Å². The summed E-state index contributed by atoms with van der Waals surface area (Å²) < 4.78 is 0. The zero-order valence-electron chi connectivity index (χ0n) is 13.4. The second kappa shape index (κ2) is 7.39. The van der Waals surface area contributed by atoms with Crippen LogP contribution in [-0.4, -0.2) is 27.9 Å². The monoisotopic (exact) mass is 298 g/mol. The van der Waals surface area contributed by atoms with Crippen LogP contribution in [0.2, 0.25) is 0 Å². The minimum atomic E-state index is -0.626. The standard InChI is InChI=1S/C16H30N2OS/c1-5-10-16(11-6-2,14(17)20)15(19)18-12(3)8-7-9-13(18)4/h12-13H,5-11H2,1-4H3,(H2,17,20). The molecule has 1 saturated heterocycles. The third-order valence-electron chi connectivity index (χ3n) is 4.66. The topological polar surface area (TPSA) is 46.3 Å². The smallest absolute Gasteiger partial charge is 0.236 e. The average molecular weight is 298 g/mol. The molecule has 1 aliphatic heterocycles. The van der Waals surface area contributed by atoms with Gasteiger partial charge in [-0.1, -0.05) is 38.9 Å². The van der Waals surface area contributed by atoms with Crippen molar-refractivity contribution in [1.29, 1.82) is 0 Å². The Balaban J connectivity index is 3.11. The maximum atomic E-state index is 13.2. The normalized spacial score (nSPS) is 23.7. The molecule has 0 radical (unpaired) electrons. The van der Waals surface area contributed by atoms with E-state index in [0.29, 0.717) is 17.1 Å². The van der Waals surface area contributed by atoms with E-state index in [1.54, 1.807) is 0 Å². The molecule has 1 heterocycles. The average Bonchev–Trinajstić information content (AvgIpc) is 2.37. The van der Waals surface area contributed by atoms with E-state index in [2.05, 4.69) is 32.6 Å². The highest BCUT2D eigenvalue weighted by Crippen LogP contribution is 2.36. The molecule has 2 N–H and O–H groups in total. The molecule has 0 aromatic carbocycles. The molecule has 0 aromatic heterocycles. The number of hydrogen-bond donors (Lipinski definition) is 1. The van der Waals surface area contributed by atoms with Crippen LogP contribution in [0.25, 0.3) is 0 Å². The Bertz CT molecular complexity index is 340. The van der Waals surface area contributed by atoms with Crippen molar-refractivity contribution in [2.45, 2.75) is 84.7 Å². The van der Waals surface area contributed by atoms with Gasteiger partial charge in [0.15, 0.2) is 0 Å². The van der Waals surface area contributed by atoms with Crippen molar-refractivity contribution >= 4 is 23.1 Å². The number of nitrogens with two attached hydrogens (primary N) is 1. The van der Waals surface area contributed by atoms with Gasteiger partial charge in [-0.05, 0) is 46.0 Å². The van der Waals surface area contributed by atoms with Crippen molar-refractivity contribution < 1.29 is 4.79 Å². The van der Waals surface area contributed by atoms with E-state index in [1.807, 2.05) is 0 Å². The van der Waals surface area contributed by atoms with Crippen LogP contribution < -0.4 is 5.73 Å². The molecule has 0 bridgehead atoms. The third-order valence-corrected chi connectivity index (χ3v) is 5.05. The first-order chi connectivity index (χ1) is 9.40. The Morgan fingerprint density at radius 2 is 1.65 bits per heavy atom. The Morgan fingerprint density at radius 1 is 1.20 bits per heavy atom. The summed E-state index contributed by atoms with van der Waals surface area (Å²) in [7, 11) is 0. The lowest BCUT2D eigenvalue weighted by Gasteiger charge is -2.45. The molecule has 1 aliphatic rings. The van der Waals surface area contributed by atoms with Gasteiger partial charge in [0.25, 0.3) is 0 Å². The molecule has 3 nitrogen and oxygen atoms in total. The fourth-order valence-corrected chi connectivity index (χ4v) is 3.90. The molecule has 1 amide bonds. The van der Waals surface area contributed by atoms with E-state index in [9.17, 15) is 4.79 Å². The lowest BCUT2D eigenvalue weighted by molar-refractivity contribution is -0.145. The Morgan fingerprint density at radius 3 is 2.00 bits per heavy atom. The van der Waals surface area contributed by atoms with Gasteiger partial charge in [-0.25, -0.2) is 0 Å². The first kappa shape index (κ1) is 17.4. The first-order valence-corrected chi connectivity index (χ1v) is 8.44. The van der Waals surface area contributed by atoms with Crippen LogP contribution in [0.5, 0.6) is 0 Å². The van der Waals surface area contributed by atoms with E-state index in [4.69, 9.17) is 18.0 Å². The second-order valence-corrected chi connectivity index (χ2v) is 6.73. The summed E-state index contributed by atoms with van der Waals surface area (Å²) in [5.74, 6) is 0.174. The van der Waals surface area contributed by atoms with Crippen LogP contribution in [0, 0.1) is 5.41 Å². The quantitative estimate of drug-likeness (QED) is 0.761. The fourth-order valence-electron chi connectivity index (χ4n) is 3.61. The van der Waals surface area contributed by atoms with Gasteiger partial charge < -0.3 is 10.6 Å². The lowest BCUT2D eigenvalue weighted by Crippen LogP contribution is -2.57. The Hall–Kier alpha value is -0.640. The number of piperidine rings is 1. The Kier molecular flexibility index (Phi) is 6.44. The van der Waals surface area contributed by atoms with Gasteiger partial charge in [0.1, 0.15) is 0 Å². The molecule has 2 atom stereocenters. The highest BCUT2D eigenvalue weighted by atomic mass is 32.1. The van der Waals surface area contributed by atoms with Crippen LogP contribution in [0.1, 0.15) is 72.6 Å². The second-order valence-electron chi connectivity index (χ2n) is 6.29. The number of nitrogens with zero attached hydrogens (tertiary/aromatic N) is 1. The SMILES string of the molecule is CCCC(CCC)(C(=O)N1C(C)CCCC1C)C(N)=S. The molecule has 1 fully saturated rings. The number of hydrogen-bond acceptors (Lipinski definition) is 2. The van der Waals surface area contributed by atoms with Gasteiger partial charge in [0.2, 0.25) is 5.91 Å². The van der Waals surface area contributed by atoms with Gasteiger partial charge in [0, 0.05) is 12.1 Å². The molecule has 0 spiro atoms. The molecular weight excluding hydrogens is 268 g/mol. The molecular formula is C16H30N2OS. The lowest BCUT2D eigenvalue weighted by atomic mass is 9.76. The molecule has 1 rings (SSSR count). The predicted molar refractivity (Wildman–Crippen MR) is 88.7 cm³/mol. The van der Waals surface area contributed by atoms with Crippen LogP contribution in [0.15, 0.2) is 0 Å². The van der Waals surface area contributed by atoms with Gasteiger partial charge in [-0.15, -0.1) is 0 Å². The summed E-state index contributed by atoms with van der Waals surface area (Å²) in [6, 6.07) is 0.599. The van der Waals surface area contributed by atoms with Gasteiger partial charge >= 0.3 is 0 Å². The molecule has 116 valence electrons. The summed E-state index contributed by atoms with van der Waals surface area (Å²) in [6.07, 6.45) is 6.77. The molecule has 0 saturated carbocycles. The van der Waals surface area contributed by atoms with E-state index >= 15 is 0 Å². The number of amides is 1. The third kappa shape index (κ3) is 3.33. The summed E-state index contributed by atoms with van der Waals surface area (Å²) in [4.78, 5) is 15.7. The van der Waals surface area contributed by atoms with E-state index < -0.39 is 5.41 Å². The minimum Gasteiger partial charge on any atom is -0.392 e. The number of rotatable bonds is 6. The van der Waals surface area contributed by atoms with Crippen molar-refractivity contribution in [3.05, 3.63) is 0 Å². The highest BCUT2D eigenvalue weighted by molar-refractivity contribution is 7.80. The van der Waals surface area contributed by atoms with E-state index in [1.165, 1.54) is 6.42 Å². The molecule has 0 aliphatic carbocycles. The minimum absolute atomic E-state index is 0.174. The van der Waals surface area contributed by atoms with Crippen LogP contribution in [0.3, 0.4) is 0 Å². The molecule has 0 aromatic rings. The van der Waals surface area contributed by atoms with Crippen molar-refractivity contribution in [2.24, 2.45) is 11.1 Å². The molecule has 20 heavy (non-hydrogen) atoms. The number of carbonyl (C=O) groups is 1. The van der Waals surface area contributed by atoms with E-state index in [-0.39, 0.29) is 5.91 Å². The summed E-state index contributed by atoms with van der Waals surface area (Å²) in [5.41, 5.74) is 5.40. The largest absolute Gasteiger partial charge is 0.392 e. The Labute approximate surface area is 129 Å². The number of carbonyl (C=O) groups excluding carboxylic acids is 1. The predicted octanol–water partition coefficient (Wildman–Crippen LogP) is 3.65. The highest BCUT2D eigenvalue weighted by Gasteiger charge is 2.45. The van der Waals surface area contributed by atoms with Gasteiger partial charge in [-0.2, -0.15) is 0 Å². The van der Waals surface area contributed by atoms with Crippen molar-refractivity contribution in [2.75, 3.05) is 0 Å². The zero-order chi connectivity index (χ0) is 15.3. The summed E-state index contributed by atoms with van der Waals surface area (Å²) >= 11 is 5.31. The van der Waals surface area contributed by atoms with Crippen LogP contribution in [-0.2, 0) is 4.79 Å². The van der Waals surface area contributed by atoms with Crippen molar-refractivity contribution in [1.82, 2.24) is 4.90 Å². The fraction of sp³-hybridized carbons (Fsp3) is 0.875. The number of likely N-dealkylation sites (tertiary alicyclic amines) is 1. The zero-order valence-corrected chi connectivity index (χ0v) is 14.3. The van der Waals surface area contributed by atoms with Crippen LogP contribution >= 0.6 is 12.2 Å². The maximum absolute atomic E-state index is 13.2. The molecule has 2 unspecified atom stereocenters. The summed E-state index contributed by atoms with van der Waals surface area (Å²) in [6.45, 7) is 8.49.